The Balaban J connectivity index is 0.00000240. The van der Waals surface area contributed by atoms with Gasteiger partial charge in [0.1, 0.15) is 0 Å². The maximum absolute atomic E-state index is 4.88. The Labute approximate surface area is 192 Å². The number of aromatic nitrogens is 3. The lowest BCUT2D eigenvalue weighted by atomic mass is 10.2. The number of guanidine groups is 1. The number of thiophene rings is 1. The summed E-state index contributed by atoms with van der Waals surface area (Å²) in [6, 6.07) is 10.2. The summed E-state index contributed by atoms with van der Waals surface area (Å²) in [5.74, 6) is 1.79. The van der Waals surface area contributed by atoms with Crippen molar-refractivity contribution in [3.8, 4) is 5.82 Å². The molecule has 1 saturated heterocycles. The van der Waals surface area contributed by atoms with E-state index in [2.05, 4.69) is 49.6 Å². The van der Waals surface area contributed by atoms with Gasteiger partial charge in [-0.25, -0.2) is 14.7 Å². The predicted molar refractivity (Wildman–Crippen MR) is 130 cm³/mol. The van der Waals surface area contributed by atoms with Gasteiger partial charge in [0.15, 0.2) is 11.8 Å². The van der Waals surface area contributed by atoms with Gasteiger partial charge in [0.2, 0.25) is 0 Å². The molecule has 1 aliphatic rings. The van der Waals surface area contributed by atoms with Crippen LogP contribution in [0, 0.1) is 0 Å². The van der Waals surface area contributed by atoms with Gasteiger partial charge in [0.25, 0.3) is 0 Å². The van der Waals surface area contributed by atoms with Gasteiger partial charge in [-0.2, -0.15) is 5.10 Å². The average molecular weight is 523 g/mol. The molecule has 1 N–H and O–H groups in total. The number of piperazine rings is 1. The third-order valence-corrected chi connectivity index (χ3v) is 5.62. The molecule has 0 saturated carbocycles. The number of halogens is 1. The zero-order valence-electron chi connectivity index (χ0n) is 16.4. The molecule has 4 heterocycles. The molecule has 0 radical (unpaired) electrons. The molecular formula is C20H26IN7S. The Kier molecular flexibility index (Phi) is 7.87. The summed E-state index contributed by atoms with van der Waals surface area (Å²) < 4.78 is 1.77. The lowest BCUT2D eigenvalue weighted by molar-refractivity contribution is 0.373. The van der Waals surface area contributed by atoms with Gasteiger partial charge in [-0.15, -0.1) is 35.3 Å². The predicted octanol–water partition coefficient (Wildman–Crippen LogP) is 3.23. The molecule has 1 fully saturated rings. The zero-order valence-corrected chi connectivity index (χ0v) is 19.6. The number of aliphatic imine (C=N–C) groups is 1. The molecular weight excluding hydrogens is 497 g/mol. The molecule has 9 heteroatoms. The smallest absolute Gasteiger partial charge is 0.194 e. The Morgan fingerprint density at radius 2 is 2.03 bits per heavy atom. The van der Waals surface area contributed by atoms with Gasteiger partial charge in [-0.05, 0) is 48.2 Å². The standard InChI is InChI=1S/C20H25N7S.HI/c1-2-21-20(26-12-10-25(11-13-26)19-5-3-14-28-19)23-16-17-6-8-22-18(15-17)27-9-4-7-24-27;/h3-9,14-15H,2,10-13,16H2,1H3,(H,21,23);1H. The first-order chi connectivity index (χ1) is 13.8. The van der Waals surface area contributed by atoms with Crippen LogP contribution in [0.2, 0.25) is 0 Å². The van der Waals surface area contributed by atoms with E-state index in [-0.39, 0.29) is 24.0 Å². The minimum atomic E-state index is 0. The van der Waals surface area contributed by atoms with Crippen LogP contribution in [-0.4, -0.2) is 58.3 Å². The molecule has 0 atom stereocenters. The first kappa shape index (κ1) is 21.6. The summed E-state index contributed by atoms with van der Waals surface area (Å²) in [5, 5.41) is 11.2. The lowest BCUT2D eigenvalue weighted by Gasteiger charge is -2.37. The SMILES string of the molecule is CCNC(=NCc1ccnc(-n2cccn2)c1)N1CCN(c2cccs2)CC1.I. The van der Waals surface area contributed by atoms with E-state index in [1.165, 1.54) is 5.00 Å². The van der Waals surface area contributed by atoms with Gasteiger partial charge in [0.05, 0.1) is 11.5 Å². The van der Waals surface area contributed by atoms with E-state index in [1.54, 1.807) is 22.2 Å². The molecule has 1 aliphatic heterocycles. The summed E-state index contributed by atoms with van der Waals surface area (Å²) in [7, 11) is 0. The van der Waals surface area contributed by atoms with Crippen molar-refractivity contribution in [1.82, 2.24) is 25.0 Å². The molecule has 3 aromatic heterocycles. The molecule has 0 spiro atoms. The number of hydrogen-bond donors (Lipinski definition) is 1. The molecule has 0 amide bonds. The van der Waals surface area contributed by atoms with Crippen molar-refractivity contribution >= 4 is 46.3 Å². The van der Waals surface area contributed by atoms with Crippen LogP contribution in [0.5, 0.6) is 0 Å². The topological polar surface area (TPSA) is 61.6 Å². The first-order valence-corrected chi connectivity index (χ1v) is 10.5. The van der Waals surface area contributed by atoms with Crippen molar-refractivity contribution in [2.24, 2.45) is 4.99 Å². The Bertz CT molecular complexity index is 887. The van der Waals surface area contributed by atoms with Crippen molar-refractivity contribution in [1.29, 1.82) is 0 Å². The maximum atomic E-state index is 4.88. The molecule has 3 aromatic rings. The van der Waals surface area contributed by atoms with Crippen LogP contribution in [0.3, 0.4) is 0 Å². The molecule has 7 nitrogen and oxygen atoms in total. The van der Waals surface area contributed by atoms with E-state index in [0.29, 0.717) is 6.54 Å². The van der Waals surface area contributed by atoms with Crippen LogP contribution in [0.15, 0.2) is 59.3 Å². The van der Waals surface area contributed by atoms with Gasteiger partial charge in [0, 0.05) is 51.3 Å². The number of nitrogens with zero attached hydrogens (tertiary/aromatic N) is 6. The number of nitrogens with one attached hydrogen (secondary N) is 1. The lowest BCUT2D eigenvalue weighted by Crippen LogP contribution is -2.52. The monoisotopic (exact) mass is 523 g/mol. The maximum Gasteiger partial charge on any atom is 0.194 e. The molecule has 154 valence electrons. The largest absolute Gasteiger partial charge is 0.360 e. The molecule has 0 unspecified atom stereocenters. The normalized spacial score (nSPS) is 14.6. The van der Waals surface area contributed by atoms with E-state index < -0.39 is 0 Å². The van der Waals surface area contributed by atoms with Crippen molar-refractivity contribution in [3.63, 3.8) is 0 Å². The third-order valence-electron chi connectivity index (χ3n) is 4.69. The van der Waals surface area contributed by atoms with Crippen molar-refractivity contribution < 1.29 is 0 Å². The summed E-state index contributed by atoms with van der Waals surface area (Å²) in [5.41, 5.74) is 1.12. The second kappa shape index (κ2) is 10.6. The average Bonchev–Trinajstić information content (AvgIpc) is 3.46. The fourth-order valence-electron chi connectivity index (χ4n) is 3.27. The number of anilines is 1. The molecule has 0 aromatic carbocycles. The highest BCUT2D eigenvalue weighted by Gasteiger charge is 2.20. The van der Waals surface area contributed by atoms with Crippen LogP contribution < -0.4 is 10.2 Å². The van der Waals surface area contributed by atoms with Gasteiger partial charge < -0.3 is 15.1 Å². The van der Waals surface area contributed by atoms with Gasteiger partial charge in [-0.3, -0.25) is 0 Å². The van der Waals surface area contributed by atoms with Crippen molar-refractivity contribution in [3.05, 3.63) is 59.9 Å². The Morgan fingerprint density at radius 1 is 1.17 bits per heavy atom. The fraction of sp³-hybridized carbons (Fsp3) is 0.350. The summed E-state index contributed by atoms with van der Waals surface area (Å²) in [4.78, 5) is 14.1. The highest BCUT2D eigenvalue weighted by atomic mass is 127. The van der Waals surface area contributed by atoms with E-state index in [4.69, 9.17) is 4.99 Å². The van der Waals surface area contributed by atoms with Crippen LogP contribution in [0.25, 0.3) is 5.82 Å². The van der Waals surface area contributed by atoms with Gasteiger partial charge in [-0.1, -0.05) is 0 Å². The van der Waals surface area contributed by atoms with Crippen LogP contribution in [-0.2, 0) is 6.54 Å². The summed E-state index contributed by atoms with van der Waals surface area (Å²) >= 11 is 1.81. The minimum absolute atomic E-state index is 0. The minimum Gasteiger partial charge on any atom is -0.360 e. The van der Waals surface area contributed by atoms with E-state index in [0.717, 1.165) is 50.1 Å². The molecule has 29 heavy (non-hydrogen) atoms. The molecule has 4 rings (SSSR count). The second-order valence-electron chi connectivity index (χ2n) is 6.57. The van der Waals surface area contributed by atoms with E-state index in [9.17, 15) is 0 Å². The van der Waals surface area contributed by atoms with E-state index >= 15 is 0 Å². The number of pyridine rings is 1. The van der Waals surface area contributed by atoms with Crippen molar-refractivity contribution in [2.45, 2.75) is 13.5 Å². The quantitative estimate of drug-likeness (QED) is 0.316. The highest BCUT2D eigenvalue weighted by molar-refractivity contribution is 14.0. The first-order valence-electron chi connectivity index (χ1n) is 9.60. The van der Waals surface area contributed by atoms with Crippen LogP contribution >= 0.6 is 35.3 Å². The second-order valence-corrected chi connectivity index (χ2v) is 7.49. The van der Waals surface area contributed by atoms with Crippen molar-refractivity contribution in [2.75, 3.05) is 37.6 Å². The third kappa shape index (κ3) is 5.47. The zero-order chi connectivity index (χ0) is 19.2. The summed E-state index contributed by atoms with van der Waals surface area (Å²) in [6.07, 6.45) is 5.47. The summed E-state index contributed by atoms with van der Waals surface area (Å²) in [6.45, 7) is 7.56. The van der Waals surface area contributed by atoms with Crippen LogP contribution in [0.4, 0.5) is 5.00 Å². The van der Waals surface area contributed by atoms with E-state index in [1.807, 2.05) is 30.6 Å². The Hall–Kier alpha value is -2.14. The molecule has 0 bridgehead atoms. The number of hydrogen-bond acceptors (Lipinski definition) is 5. The number of rotatable bonds is 5. The molecule has 0 aliphatic carbocycles. The fourth-order valence-corrected chi connectivity index (χ4v) is 4.05. The van der Waals surface area contributed by atoms with Gasteiger partial charge >= 0.3 is 0 Å². The highest BCUT2D eigenvalue weighted by Crippen LogP contribution is 2.22. The van der Waals surface area contributed by atoms with Crippen LogP contribution in [0.1, 0.15) is 12.5 Å². The Morgan fingerprint density at radius 3 is 2.72 bits per heavy atom.